The van der Waals surface area contributed by atoms with E-state index in [1.807, 2.05) is 80.6 Å². The van der Waals surface area contributed by atoms with E-state index in [1.54, 1.807) is 10.8 Å². The molecule has 0 aliphatic rings. The number of aryl methyl sites for hydroxylation is 3. The van der Waals surface area contributed by atoms with Gasteiger partial charge in [-0.3, -0.25) is 9.36 Å². The Morgan fingerprint density at radius 3 is 2.29 bits per heavy atom. The number of fused-ring (bicyclic) bond motifs is 1. The zero-order valence-corrected chi connectivity index (χ0v) is 17.6. The first-order valence-corrected chi connectivity index (χ1v) is 10.1. The van der Waals surface area contributed by atoms with Crippen LogP contribution >= 0.6 is 0 Å². The third-order valence-corrected chi connectivity index (χ3v) is 5.74. The lowest BCUT2D eigenvalue weighted by atomic mass is 10.1. The van der Waals surface area contributed by atoms with Crippen molar-refractivity contribution < 1.29 is 4.52 Å². The van der Waals surface area contributed by atoms with Crippen LogP contribution in [-0.2, 0) is 0 Å². The highest BCUT2D eigenvalue weighted by Crippen LogP contribution is 2.29. The second-order valence-electron chi connectivity index (χ2n) is 7.77. The third kappa shape index (κ3) is 3.24. The van der Waals surface area contributed by atoms with Gasteiger partial charge in [-0.1, -0.05) is 53.7 Å². The molecule has 5 rings (SSSR count). The van der Waals surface area contributed by atoms with Gasteiger partial charge in [0.05, 0.1) is 5.56 Å². The zero-order chi connectivity index (χ0) is 21.5. The van der Waals surface area contributed by atoms with Gasteiger partial charge in [-0.05, 0) is 55.7 Å². The smallest absolute Gasteiger partial charge is 0.262 e. The molecule has 0 atom stereocenters. The summed E-state index contributed by atoms with van der Waals surface area (Å²) in [4.78, 5) is 17.9. The van der Waals surface area contributed by atoms with Gasteiger partial charge in [0.1, 0.15) is 0 Å². The van der Waals surface area contributed by atoms with Crippen LogP contribution in [0.4, 0.5) is 0 Å². The molecule has 2 aromatic heterocycles. The van der Waals surface area contributed by atoms with Crippen molar-refractivity contribution in [1.29, 1.82) is 0 Å². The fourth-order valence-corrected chi connectivity index (χ4v) is 3.80. The van der Waals surface area contributed by atoms with Crippen LogP contribution in [0.25, 0.3) is 39.3 Å². The molecule has 0 aliphatic heterocycles. The predicted molar refractivity (Wildman–Crippen MR) is 122 cm³/mol. The van der Waals surface area contributed by atoms with Gasteiger partial charge in [-0.25, -0.2) is 0 Å². The number of aromatic nitrogens is 3. The Hall–Kier alpha value is -3.99. The fourth-order valence-electron chi connectivity index (χ4n) is 3.80. The summed E-state index contributed by atoms with van der Waals surface area (Å²) in [6.07, 6.45) is 1.80. The fraction of sp³-hybridized carbons (Fsp3) is 0.115. The largest absolute Gasteiger partial charge is 0.334 e. The molecule has 5 aromatic rings. The molecule has 0 aliphatic carbocycles. The van der Waals surface area contributed by atoms with Crippen LogP contribution < -0.4 is 5.56 Å². The van der Waals surface area contributed by atoms with E-state index in [9.17, 15) is 4.79 Å². The molecular weight excluding hydrogens is 386 g/mol. The minimum Gasteiger partial charge on any atom is -0.334 e. The molecule has 152 valence electrons. The van der Waals surface area contributed by atoms with Crippen molar-refractivity contribution in [3.05, 3.63) is 100.0 Å². The Labute approximate surface area is 179 Å². The normalized spacial score (nSPS) is 11.2. The maximum absolute atomic E-state index is 13.3. The lowest BCUT2D eigenvalue weighted by Gasteiger charge is -2.12. The Balaban J connectivity index is 1.74. The molecule has 5 heteroatoms. The highest BCUT2D eigenvalue weighted by atomic mass is 16.5. The summed E-state index contributed by atoms with van der Waals surface area (Å²) in [7, 11) is 0. The number of hydrogen-bond donors (Lipinski definition) is 0. The number of nitrogens with zero attached hydrogens (tertiary/aromatic N) is 3. The minimum absolute atomic E-state index is 0.0822. The van der Waals surface area contributed by atoms with Gasteiger partial charge in [0.2, 0.25) is 5.82 Å². The van der Waals surface area contributed by atoms with Crippen LogP contribution in [0, 0.1) is 20.8 Å². The standard InChI is InChI=1S/C26H21N3O2/c1-16-12-13-19(14-18(16)3)29-15-23(21-10-6-7-11-22(21)26(29)30)25-27-24(28-31-25)20-9-5-4-8-17(20)2/h4-15H,1-3H3. The molecule has 0 saturated carbocycles. The van der Waals surface area contributed by atoms with Crippen molar-refractivity contribution in [2.45, 2.75) is 20.8 Å². The lowest BCUT2D eigenvalue weighted by molar-refractivity contribution is 0.432. The van der Waals surface area contributed by atoms with E-state index in [0.29, 0.717) is 17.1 Å². The number of pyridine rings is 1. The summed E-state index contributed by atoms with van der Waals surface area (Å²) in [5.74, 6) is 0.910. The highest BCUT2D eigenvalue weighted by molar-refractivity contribution is 5.94. The van der Waals surface area contributed by atoms with Gasteiger partial charge in [0.15, 0.2) is 0 Å². The van der Waals surface area contributed by atoms with Crippen LogP contribution in [0.1, 0.15) is 16.7 Å². The summed E-state index contributed by atoms with van der Waals surface area (Å²) in [5, 5.41) is 5.60. The number of benzene rings is 3. The molecule has 0 unspecified atom stereocenters. The average molecular weight is 407 g/mol. The third-order valence-electron chi connectivity index (χ3n) is 5.74. The van der Waals surface area contributed by atoms with Crippen LogP contribution in [0.3, 0.4) is 0 Å². The molecule has 0 N–H and O–H groups in total. The molecule has 0 amide bonds. The first-order valence-electron chi connectivity index (χ1n) is 10.1. The van der Waals surface area contributed by atoms with E-state index in [2.05, 4.69) is 17.1 Å². The van der Waals surface area contributed by atoms with Crippen molar-refractivity contribution in [2.75, 3.05) is 0 Å². The number of rotatable bonds is 3. The van der Waals surface area contributed by atoms with E-state index in [4.69, 9.17) is 4.52 Å². The molecule has 0 bridgehead atoms. The second-order valence-corrected chi connectivity index (χ2v) is 7.77. The molecule has 31 heavy (non-hydrogen) atoms. The summed E-state index contributed by atoms with van der Waals surface area (Å²) in [6.45, 7) is 6.11. The second kappa shape index (κ2) is 7.36. The van der Waals surface area contributed by atoms with E-state index < -0.39 is 0 Å². The molecule has 5 nitrogen and oxygen atoms in total. The van der Waals surface area contributed by atoms with Crippen molar-refractivity contribution in [2.24, 2.45) is 0 Å². The Bertz CT molecular complexity index is 1490. The lowest BCUT2D eigenvalue weighted by Crippen LogP contribution is -2.18. The Morgan fingerprint density at radius 2 is 1.52 bits per heavy atom. The summed E-state index contributed by atoms with van der Waals surface area (Å²) in [5.41, 5.74) is 5.74. The maximum atomic E-state index is 13.3. The first kappa shape index (κ1) is 19.0. The van der Waals surface area contributed by atoms with Gasteiger partial charge >= 0.3 is 0 Å². The van der Waals surface area contributed by atoms with E-state index in [1.165, 1.54) is 5.56 Å². The SMILES string of the molecule is Cc1ccc(-n2cc(-c3nc(-c4ccccc4C)no3)c3ccccc3c2=O)cc1C. The first-order chi connectivity index (χ1) is 15.0. The monoisotopic (exact) mass is 407 g/mol. The minimum atomic E-state index is -0.0822. The van der Waals surface area contributed by atoms with Gasteiger partial charge in [0.25, 0.3) is 11.4 Å². The Kier molecular flexibility index (Phi) is 4.51. The van der Waals surface area contributed by atoms with Crippen LogP contribution in [0.5, 0.6) is 0 Å². The van der Waals surface area contributed by atoms with Crippen LogP contribution in [0.2, 0.25) is 0 Å². The summed E-state index contributed by atoms with van der Waals surface area (Å²) >= 11 is 0. The van der Waals surface area contributed by atoms with E-state index in [0.717, 1.165) is 33.3 Å². The molecule has 0 spiro atoms. The van der Waals surface area contributed by atoms with Crippen molar-refractivity contribution in [1.82, 2.24) is 14.7 Å². The quantitative estimate of drug-likeness (QED) is 0.389. The zero-order valence-electron chi connectivity index (χ0n) is 17.6. The topological polar surface area (TPSA) is 60.9 Å². The van der Waals surface area contributed by atoms with Gasteiger partial charge in [0, 0.05) is 28.2 Å². The highest BCUT2D eigenvalue weighted by Gasteiger charge is 2.18. The molecular formula is C26H21N3O2. The van der Waals surface area contributed by atoms with Gasteiger partial charge in [-0.2, -0.15) is 4.98 Å². The van der Waals surface area contributed by atoms with E-state index >= 15 is 0 Å². The summed E-state index contributed by atoms with van der Waals surface area (Å²) < 4.78 is 7.32. The number of hydrogen-bond acceptors (Lipinski definition) is 4. The Morgan fingerprint density at radius 1 is 0.774 bits per heavy atom. The van der Waals surface area contributed by atoms with E-state index in [-0.39, 0.29) is 5.56 Å². The van der Waals surface area contributed by atoms with Crippen molar-refractivity contribution >= 4 is 10.8 Å². The summed E-state index contributed by atoms with van der Waals surface area (Å²) in [6, 6.07) is 21.4. The molecule has 0 radical (unpaired) electrons. The van der Waals surface area contributed by atoms with Gasteiger partial charge in [-0.15, -0.1) is 0 Å². The molecule has 3 aromatic carbocycles. The van der Waals surface area contributed by atoms with Crippen LogP contribution in [-0.4, -0.2) is 14.7 Å². The van der Waals surface area contributed by atoms with Crippen molar-refractivity contribution in [3.63, 3.8) is 0 Å². The average Bonchev–Trinajstić information content (AvgIpc) is 3.26. The molecule has 2 heterocycles. The predicted octanol–water partition coefficient (Wildman–Crippen LogP) is 5.63. The van der Waals surface area contributed by atoms with Crippen molar-refractivity contribution in [3.8, 4) is 28.5 Å². The van der Waals surface area contributed by atoms with Gasteiger partial charge < -0.3 is 4.52 Å². The van der Waals surface area contributed by atoms with Crippen LogP contribution in [0.15, 0.2) is 82.2 Å². The molecule has 0 fully saturated rings. The maximum Gasteiger partial charge on any atom is 0.262 e. The molecule has 0 saturated heterocycles.